The fourth-order valence-corrected chi connectivity index (χ4v) is 2.63. The summed E-state index contributed by atoms with van der Waals surface area (Å²) in [4.78, 5) is 22.8. The molecule has 0 saturated heterocycles. The molecule has 0 radical (unpaired) electrons. The average Bonchev–Trinajstić information content (AvgIpc) is 2.52. The van der Waals surface area contributed by atoms with Crippen molar-refractivity contribution >= 4 is 22.4 Å². The Morgan fingerprint density at radius 2 is 1.88 bits per heavy atom. The van der Waals surface area contributed by atoms with Crippen LogP contribution in [0, 0.1) is 0 Å². The van der Waals surface area contributed by atoms with Crippen molar-refractivity contribution in [2.45, 2.75) is 6.18 Å². The van der Waals surface area contributed by atoms with Crippen molar-refractivity contribution in [1.82, 2.24) is 10.2 Å². The first-order valence-corrected chi connectivity index (χ1v) is 7.98. The minimum atomic E-state index is -5.26. The summed E-state index contributed by atoms with van der Waals surface area (Å²) in [5.41, 5.74) is -1.28. The molecule has 0 spiro atoms. The number of aldehydes is 1. The summed E-state index contributed by atoms with van der Waals surface area (Å²) in [6.45, 7) is -1.75. The van der Waals surface area contributed by atoms with Crippen LogP contribution in [0.2, 0.25) is 0 Å². The topological polar surface area (TPSA) is 113 Å². The summed E-state index contributed by atoms with van der Waals surface area (Å²) in [6, 6.07) is 4.35. The summed E-state index contributed by atoms with van der Waals surface area (Å²) in [7, 11) is -5.26. The van der Waals surface area contributed by atoms with Gasteiger partial charge < -0.3 is 6.16 Å². The molecule has 1 heterocycles. The second-order valence-corrected chi connectivity index (χ2v) is 6.23. The molecule has 0 aromatic heterocycles. The minimum absolute atomic E-state index is 0. The normalized spacial score (nSPS) is 15.2. The quantitative estimate of drug-likeness (QED) is 0.356. The molecule has 0 fully saturated rings. The van der Waals surface area contributed by atoms with Gasteiger partial charge in [-0.3, -0.25) is 19.6 Å². The predicted molar refractivity (Wildman–Crippen MR) is 78.3 cm³/mol. The molecule has 0 bridgehead atoms. The summed E-state index contributed by atoms with van der Waals surface area (Å²) in [5, 5.41) is -0.100. The number of carbonyl (C=O) groups excluding carboxylic acids is 2. The molecule has 2 amide bonds. The fraction of sp³-hybridized carbons (Fsp3) is 0.231. The van der Waals surface area contributed by atoms with Gasteiger partial charge in [-0.25, -0.2) is 4.79 Å². The number of nitrogens with one attached hydrogen (secondary N) is 1. The molecule has 0 saturated carbocycles. The molecule has 2 N–H and O–H groups in total. The number of amides is 2. The van der Waals surface area contributed by atoms with E-state index in [9.17, 15) is 31.2 Å². The van der Waals surface area contributed by atoms with Crippen LogP contribution in [-0.4, -0.2) is 49.6 Å². The molecule has 1 aliphatic rings. The third-order valence-electron chi connectivity index (χ3n) is 3.13. The van der Waals surface area contributed by atoms with E-state index in [0.717, 1.165) is 0 Å². The van der Waals surface area contributed by atoms with Gasteiger partial charge in [0.1, 0.15) is 12.0 Å². The van der Waals surface area contributed by atoms with Crippen LogP contribution in [-0.2, 0) is 10.1 Å². The van der Waals surface area contributed by atoms with Crippen LogP contribution in [0.1, 0.15) is 11.8 Å². The Kier molecular flexibility index (Phi) is 7.24. The largest absolute Gasteiger partial charge is 1.00 e. The van der Waals surface area contributed by atoms with E-state index in [1.54, 1.807) is 0 Å². The number of hydrogen-bond donors (Lipinski definition) is 2. The molecule has 2 rings (SSSR count). The van der Waals surface area contributed by atoms with Crippen molar-refractivity contribution in [2.24, 2.45) is 0 Å². The molecule has 13 heteroatoms. The van der Waals surface area contributed by atoms with Gasteiger partial charge in [0.25, 0.3) is 0 Å². The molecule has 1 aromatic rings. The van der Waals surface area contributed by atoms with E-state index in [1.165, 1.54) is 29.6 Å². The first kappa shape index (κ1) is 22.4. The number of rotatable bonds is 5. The minimum Gasteiger partial charge on any atom is -1.00 e. The molecule has 26 heavy (non-hydrogen) atoms. The zero-order valence-corrected chi connectivity index (χ0v) is 16.1. The van der Waals surface area contributed by atoms with Crippen molar-refractivity contribution in [3.63, 3.8) is 0 Å². The molecule has 0 unspecified atom stereocenters. The smallest absolute Gasteiger partial charge is 1.00 e. The van der Waals surface area contributed by atoms with Crippen LogP contribution in [0.5, 0.6) is 5.75 Å². The number of nitrogens with zero attached hydrogens (tertiary/aromatic N) is 1. The second-order valence-electron chi connectivity index (χ2n) is 4.87. The van der Waals surface area contributed by atoms with E-state index in [0.29, 0.717) is 16.7 Å². The summed E-state index contributed by atoms with van der Waals surface area (Å²) < 4.78 is 75.0. The Morgan fingerprint density at radius 1 is 1.31 bits per heavy atom. The van der Waals surface area contributed by atoms with E-state index in [-0.39, 0.29) is 36.7 Å². The van der Waals surface area contributed by atoms with Gasteiger partial charge in [0, 0.05) is 5.56 Å². The standard InChI is InChI=1S/C13H11F3N2O6S.Na.H/c14-13(15,16)10-5-18(12(20)17-11(10)25(21,22)23)7-24-9-3-1-8(6-19)2-4-9;;/h1-4,6H,5,7H2,(H,17,20)(H,21,22,23);;/q;+1;-1. The van der Waals surface area contributed by atoms with Gasteiger partial charge in [-0.1, -0.05) is 0 Å². The Bertz CT molecular complexity index is 829. The van der Waals surface area contributed by atoms with Crippen LogP contribution in [0.3, 0.4) is 0 Å². The first-order chi connectivity index (χ1) is 11.5. The molecule has 0 aliphatic carbocycles. The Labute approximate surface area is 169 Å². The molecular weight excluding hydrogens is 392 g/mol. The van der Waals surface area contributed by atoms with E-state index >= 15 is 0 Å². The Morgan fingerprint density at radius 3 is 2.35 bits per heavy atom. The van der Waals surface area contributed by atoms with Gasteiger partial charge in [-0.2, -0.15) is 21.6 Å². The Balaban J connectivity index is 0.00000338. The summed E-state index contributed by atoms with van der Waals surface area (Å²) >= 11 is 0. The zero-order chi connectivity index (χ0) is 18.8. The molecular formula is C13H12F3N2NaO6S. The zero-order valence-electron chi connectivity index (χ0n) is 14.3. The van der Waals surface area contributed by atoms with Crippen molar-refractivity contribution in [1.29, 1.82) is 0 Å². The van der Waals surface area contributed by atoms with E-state index < -0.39 is 46.2 Å². The summed E-state index contributed by atoms with van der Waals surface area (Å²) in [5.74, 6) is 0.177. The van der Waals surface area contributed by atoms with Gasteiger partial charge >= 0.3 is 51.9 Å². The van der Waals surface area contributed by atoms with Gasteiger partial charge in [0.15, 0.2) is 11.8 Å². The predicted octanol–water partition coefficient (Wildman–Crippen LogP) is -1.36. The number of halogens is 3. The third-order valence-corrected chi connectivity index (χ3v) is 4.00. The van der Waals surface area contributed by atoms with Crippen LogP contribution in [0.25, 0.3) is 0 Å². The number of benzene rings is 1. The number of urea groups is 1. The first-order valence-electron chi connectivity index (χ1n) is 6.54. The summed E-state index contributed by atoms with van der Waals surface area (Å²) in [6.07, 6.45) is -4.51. The van der Waals surface area contributed by atoms with E-state index in [2.05, 4.69) is 0 Å². The third kappa shape index (κ3) is 5.45. The van der Waals surface area contributed by atoms with Crippen LogP contribution >= 0.6 is 0 Å². The van der Waals surface area contributed by atoms with Crippen LogP contribution in [0.4, 0.5) is 18.0 Å². The van der Waals surface area contributed by atoms with Crippen LogP contribution in [0.15, 0.2) is 34.9 Å². The van der Waals surface area contributed by atoms with Gasteiger partial charge in [-0.15, -0.1) is 0 Å². The van der Waals surface area contributed by atoms with Crippen molar-refractivity contribution in [3.8, 4) is 5.75 Å². The fourth-order valence-electron chi connectivity index (χ4n) is 1.92. The molecule has 138 valence electrons. The van der Waals surface area contributed by atoms with Crippen molar-refractivity contribution < 1.29 is 71.5 Å². The monoisotopic (exact) mass is 404 g/mol. The molecule has 1 aromatic carbocycles. The maximum absolute atomic E-state index is 13.0. The van der Waals surface area contributed by atoms with Crippen molar-refractivity contribution in [3.05, 3.63) is 40.4 Å². The number of carbonyl (C=O) groups is 2. The second kappa shape index (κ2) is 8.39. The van der Waals surface area contributed by atoms with Crippen molar-refractivity contribution in [2.75, 3.05) is 13.3 Å². The SMILES string of the molecule is O=Cc1ccc(OCN2CC(C(F)(F)F)=C(S(=O)(=O)O)NC2=O)cc1.[H-].[Na+]. The van der Waals surface area contributed by atoms with E-state index in [4.69, 9.17) is 9.29 Å². The van der Waals surface area contributed by atoms with E-state index in [1.807, 2.05) is 0 Å². The van der Waals surface area contributed by atoms with Gasteiger partial charge in [-0.05, 0) is 24.3 Å². The van der Waals surface area contributed by atoms with Crippen LogP contribution < -0.4 is 39.6 Å². The number of hydrogen-bond acceptors (Lipinski definition) is 5. The number of alkyl halides is 3. The van der Waals surface area contributed by atoms with Gasteiger partial charge in [0.05, 0.1) is 12.1 Å². The maximum Gasteiger partial charge on any atom is 1.00 e. The van der Waals surface area contributed by atoms with Gasteiger partial charge in [0.2, 0.25) is 0 Å². The molecule has 0 atom stereocenters. The maximum atomic E-state index is 13.0. The Hall–Kier alpha value is -1.60. The number of ether oxygens (including phenoxy) is 1. The molecule has 1 aliphatic heterocycles. The molecule has 8 nitrogen and oxygen atoms in total. The average molecular weight is 404 g/mol.